The van der Waals surface area contributed by atoms with Crippen LogP contribution in [0.2, 0.25) is 0 Å². The zero-order valence-electron chi connectivity index (χ0n) is 13.8. The minimum absolute atomic E-state index is 0.479. The maximum Gasteiger partial charge on any atom is 0.327 e. The Balaban J connectivity index is 1.49. The van der Waals surface area contributed by atoms with E-state index < -0.39 is 12.0 Å². The molecule has 4 heterocycles. The van der Waals surface area contributed by atoms with Gasteiger partial charge in [-0.05, 0) is 0 Å². The molecule has 9 heteroatoms. The predicted octanol–water partition coefficient (Wildman–Crippen LogP) is 0.220. The van der Waals surface area contributed by atoms with Gasteiger partial charge in [-0.25, -0.2) is 15.0 Å². The second-order valence-corrected chi connectivity index (χ2v) is 6.22. The molecule has 2 aromatic rings. The monoisotopic (exact) mass is 344 g/mol. The van der Waals surface area contributed by atoms with Crippen LogP contribution in [-0.2, 0) is 22.5 Å². The number of nitrogens with zero attached hydrogens (tertiary/aromatic N) is 5. The summed E-state index contributed by atoms with van der Waals surface area (Å²) in [7, 11) is 0. The molecule has 2 aliphatic heterocycles. The average Bonchev–Trinajstić information content (AvgIpc) is 3.11. The van der Waals surface area contributed by atoms with Crippen LogP contribution in [0.5, 0.6) is 0 Å². The number of carboxylic acid groups (broad SMARTS) is 1. The second-order valence-electron chi connectivity index (χ2n) is 6.22. The lowest BCUT2D eigenvalue weighted by Crippen LogP contribution is -2.39. The predicted molar refractivity (Wildman–Crippen MR) is 88.1 cm³/mol. The van der Waals surface area contributed by atoms with Gasteiger partial charge < -0.3 is 19.7 Å². The third-order valence-corrected chi connectivity index (χ3v) is 4.63. The van der Waals surface area contributed by atoms with Gasteiger partial charge >= 0.3 is 5.97 Å². The first-order valence-corrected chi connectivity index (χ1v) is 8.35. The minimum atomic E-state index is -0.890. The van der Waals surface area contributed by atoms with E-state index in [1.165, 1.54) is 0 Å². The molecule has 0 bridgehead atoms. The summed E-state index contributed by atoms with van der Waals surface area (Å²) < 4.78 is 5.33. The Morgan fingerprint density at radius 1 is 1.24 bits per heavy atom. The normalized spacial score (nSPS) is 21.1. The number of carbonyl (C=O) groups is 1. The van der Waals surface area contributed by atoms with Crippen molar-refractivity contribution in [2.24, 2.45) is 0 Å². The zero-order chi connectivity index (χ0) is 17.2. The molecular formula is C16H20N6O3. The molecule has 0 saturated carbocycles. The molecule has 0 spiro atoms. The number of fused-ring (bicyclic) bond motifs is 1. The number of anilines is 1. The summed E-state index contributed by atoms with van der Waals surface area (Å²) in [6.45, 7) is 4.07. The van der Waals surface area contributed by atoms with Gasteiger partial charge in [0.15, 0.2) is 6.04 Å². The fourth-order valence-electron chi connectivity index (χ4n) is 3.36. The molecule has 1 unspecified atom stereocenters. The molecule has 132 valence electrons. The van der Waals surface area contributed by atoms with E-state index in [0.29, 0.717) is 37.9 Å². The standard InChI is InChI=1S/C16H20N6O3/c23-15(24)14-13-12(19-10-20-13)1-2-22(14)9-11-7-17-16(18-8-11)21-3-5-25-6-4-21/h7-8,10,14H,1-6,9H2,(H,19,20)(H,23,24). The van der Waals surface area contributed by atoms with Crippen molar-refractivity contribution in [2.75, 3.05) is 37.7 Å². The fraction of sp³-hybridized carbons (Fsp3) is 0.500. The molecule has 4 rings (SSSR count). The number of aliphatic carboxylic acids is 1. The second kappa shape index (κ2) is 6.77. The van der Waals surface area contributed by atoms with Gasteiger partial charge in [0.1, 0.15) is 0 Å². The summed E-state index contributed by atoms with van der Waals surface area (Å²) in [5.74, 6) is -0.200. The smallest absolute Gasteiger partial charge is 0.327 e. The molecule has 1 saturated heterocycles. The van der Waals surface area contributed by atoms with E-state index in [1.54, 1.807) is 18.7 Å². The van der Waals surface area contributed by atoms with Gasteiger partial charge in [0.2, 0.25) is 5.95 Å². The van der Waals surface area contributed by atoms with Crippen molar-refractivity contribution in [1.82, 2.24) is 24.8 Å². The van der Waals surface area contributed by atoms with Crippen LogP contribution in [0.4, 0.5) is 5.95 Å². The number of hydrogen-bond donors (Lipinski definition) is 2. The summed E-state index contributed by atoms with van der Waals surface area (Å²) in [4.78, 5) is 31.8. The maximum atomic E-state index is 11.7. The number of nitrogens with one attached hydrogen (secondary N) is 1. The summed E-state index contributed by atoms with van der Waals surface area (Å²) >= 11 is 0. The number of aromatic nitrogens is 4. The van der Waals surface area contributed by atoms with Crippen LogP contribution >= 0.6 is 0 Å². The van der Waals surface area contributed by atoms with Gasteiger partial charge in [0.25, 0.3) is 0 Å². The van der Waals surface area contributed by atoms with Crippen molar-refractivity contribution in [3.8, 4) is 0 Å². The van der Waals surface area contributed by atoms with E-state index in [4.69, 9.17) is 4.74 Å². The lowest BCUT2D eigenvalue weighted by Gasteiger charge is -2.32. The first-order chi connectivity index (χ1) is 12.2. The van der Waals surface area contributed by atoms with Crippen molar-refractivity contribution in [1.29, 1.82) is 0 Å². The lowest BCUT2D eigenvalue weighted by molar-refractivity contribution is -0.144. The number of carboxylic acids is 1. The molecule has 2 aromatic heterocycles. The lowest BCUT2D eigenvalue weighted by atomic mass is 10.0. The molecule has 1 atom stereocenters. The zero-order valence-corrected chi connectivity index (χ0v) is 13.8. The highest BCUT2D eigenvalue weighted by atomic mass is 16.5. The highest BCUT2D eigenvalue weighted by Crippen LogP contribution is 2.28. The molecule has 0 aliphatic carbocycles. The number of H-pyrrole nitrogens is 1. The van der Waals surface area contributed by atoms with Gasteiger partial charge in [-0.1, -0.05) is 0 Å². The van der Waals surface area contributed by atoms with Gasteiger partial charge in [0.05, 0.1) is 25.2 Å². The highest BCUT2D eigenvalue weighted by molar-refractivity contribution is 5.75. The average molecular weight is 344 g/mol. The molecule has 9 nitrogen and oxygen atoms in total. The molecule has 2 aliphatic rings. The number of aromatic amines is 1. The molecule has 25 heavy (non-hydrogen) atoms. The van der Waals surface area contributed by atoms with E-state index >= 15 is 0 Å². The van der Waals surface area contributed by atoms with Gasteiger partial charge in [-0.2, -0.15) is 0 Å². The Hall–Kier alpha value is -2.52. The first kappa shape index (κ1) is 16.0. The Labute approximate surface area is 144 Å². The molecule has 0 radical (unpaired) electrons. The maximum absolute atomic E-state index is 11.7. The van der Waals surface area contributed by atoms with Gasteiger partial charge in [-0.3, -0.25) is 9.69 Å². The fourth-order valence-corrected chi connectivity index (χ4v) is 3.36. The van der Waals surface area contributed by atoms with Crippen LogP contribution in [-0.4, -0.2) is 68.8 Å². The Morgan fingerprint density at radius 2 is 2.00 bits per heavy atom. The third kappa shape index (κ3) is 3.20. The number of hydrogen-bond acceptors (Lipinski definition) is 7. The van der Waals surface area contributed by atoms with Crippen LogP contribution in [0.15, 0.2) is 18.7 Å². The Bertz CT molecular complexity index is 741. The number of ether oxygens (including phenoxy) is 1. The topological polar surface area (TPSA) is 107 Å². The Kier molecular flexibility index (Phi) is 4.33. The summed E-state index contributed by atoms with van der Waals surface area (Å²) in [6.07, 6.45) is 5.86. The quantitative estimate of drug-likeness (QED) is 0.811. The van der Waals surface area contributed by atoms with Gasteiger partial charge in [0, 0.05) is 56.3 Å². The molecule has 1 fully saturated rings. The van der Waals surface area contributed by atoms with Crippen LogP contribution in [0.25, 0.3) is 0 Å². The van der Waals surface area contributed by atoms with E-state index in [-0.39, 0.29) is 0 Å². The van der Waals surface area contributed by atoms with E-state index in [0.717, 1.165) is 30.8 Å². The Morgan fingerprint density at radius 3 is 2.72 bits per heavy atom. The van der Waals surface area contributed by atoms with Crippen LogP contribution in [0.1, 0.15) is 23.0 Å². The number of morpholine rings is 1. The number of imidazole rings is 1. The molecular weight excluding hydrogens is 324 g/mol. The van der Waals surface area contributed by atoms with Crippen molar-refractivity contribution < 1.29 is 14.6 Å². The third-order valence-electron chi connectivity index (χ3n) is 4.63. The van der Waals surface area contributed by atoms with Crippen LogP contribution in [0.3, 0.4) is 0 Å². The van der Waals surface area contributed by atoms with Crippen molar-refractivity contribution in [3.63, 3.8) is 0 Å². The SMILES string of the molecule is O=C(O)C1c2nc[nH]c2CCN1Cc1cnc(N2CCOCC2)nc1. The number of rotatable bonds is 4. The molecule has 2 N–H and O–H groups in total. The van der Waals surface area contributed by atoms with Gasteiger partial charge in [-0.15, -0.1) is 0 Å². The van der Waals surface area contributed by atoms with E-state index in [9.17, 15) is 9.90 Å². The molecule has 0 aromatic carbocycles. The minimum Gasteiger partial charge on any atom is -0.480 e. The summed E-state index contributed by atoms with van der Waals surface area (Å²) in [5, 5.41) is 9.62. The van der Waals surface area contributed by atoms with Crippen LogP contribution in [0, 0.1) is 0 Å². The molecule has 0 amide bonds. The highest BCUT2D eigenvalue weighted by Gasteiger charge is 2.35. The van der Waals surface area contributed by atoms with E-state index in [2.05, 4.69) is 24.8 Å². The van der Waals surface area contributed by atoms with Crippen LogP contribution < -0.4 is 4.90 Å². The first-order valence-electron chi connectivity index (χ1n) is 8.35. The van der Waals surface area contributed by atoms with Crippen molar-refractivity contribution in [2.45, 2.75) is 19.0 Å². The summed E-state index contributed by atoms with van der Waals surface area (Å²) in [5.41, 5.74) is 2.40. The summed E-state index contributed by atoms with van der Waals surface area (Å²) in [6, 6.07) is -0.742. The van der Waals surface area contributed by atoms with Crippen molar-refractivity contribution in [3.05, 3.63) is 35.7 Å². The van der Waals surface area contributed by atoms with E-state index in [1.807, 2.05) is 4.90 Å². The largest absolute Gasteiger partial charge is 0.480 e. The van der Waals surface area contributed by atoms with Crippen molar-refractivity contribution >= 4 is 11.9 Å².